The molecule has 2 aromatic rings. The molecule has 2 aromatic carbocycles. The van der Waals surface area contributed by atoms with Crippen molar-refractivity contribution in [3.05, 3.63) is 70.0 Å². The fraction of sp³-hybridized carbons (Fsp3) is 0.629. The van der Waals surface area contributed by atoms with Gasteiger partial charge in [-0.2, -0.15) is 0 Å². The van der Waals surface area contributed by atoms with E-state index >= 15 is 4.39 Å². The third-order valence-electron chi connectivity index (χ3n) is 9.11. The molecule has 0 saturated heterocycles. The molecule has 0 aliphatic heterocycles. The number of ketones is 1. The molecule has 2 aliphatic rings. The van der Waals surface area contributed by atoms with Gasteiger partial charge in [0.15, 0.2) is 5.78 Å². The highest BCUT2D eigenvalue weighted by Crippen LogP contribution is 2.39. The Morgan fingerprint density at radius 2 is 1.62 bits per heavy atom. The largest absolute Gasteiger partial charge is 0.294 e. The van der Waals surface area contributed by atoms with Crippen LogP contribution >= 0.6 is 0 Å². The van der Waals surface area contributed by atoms with Crippen LogP contribution < -0.4 is 0 Å². The van der Waals surface area contributed by atoms with Crippen LogP contribution in [0.15, 0.2) is 36.4 Å². The van der Waals surface area contributed by atoms with Crippen LogP contribution in [0, 0.1) is 17.7 Å². The maximum absolute atomic E-state index is 15.3. The second kappa shape index (κ2) is 14.3. The van der Waals surface area contributed by atoms with Gasteiger partial charge in [0.2, 0.25) is 0 Å². The molecule has 0 heterocycles. The smallest absolute Gasteiger partial charge is 0.167 e. The van der Waals surface area contributed by atoms with Crippen molar-refractivity contribution < 1.29 is 9.18 Å². The zero-order valence-corrected chi connectivity index (χ0v) is 23.5. The Labute approximate surface area is 225 Å². The lowest BCUT2D eigenvalue weighted by Crippen LogP contribution is -2.16. The van der Waals surface area contributed by atoms with Crippen LogP contribution in [-0.4, -0.2) is 5.78 Å². The quantitative estimate of drug-likeness (QED) is 0.196. The van der Waals surface area contributed by atoms with Gasteiger partial charge in [-0.3, -0.25) is 4.79 Å². The lowest BCUT2D eigenvalue weighted by atomic mass is 9.76. The Bertz CT molecular complexity index is 1000. The van der Waals surface area contributed by atoms with Gasteiger partial charge in [-0.1, -0.05) is 121 Å². The van der Waals surface area contributed by atoms with Crippen LogP contribution in [0.5, 0.6) is 0 Å². The second-order valence-corrected chi connectivity index (χ2v) is 12.1. The first-order valence-corrected chi connectivity index (χ1v) is 15.5. The second-order valence-electron chi connectivity index (χ2n) is 12.1. The SMILES string of the molecule is CCCCCC[C@@H]1CCCC(c2ccc(CC(=O)c3ccc(CC4CCCC4)cc3CCC)cc2F)C1. The van der Waals surface area contributed by atoms with E-state index in [-0.39, 0.29) is 18.0 Å². The van der Waals surface area contributed by atoms with Crippen molar-refractivity contribution in [1.29, 1.82) is 0 Å². The van der Waals surface area contributed by atoms with E-state index in [1.54, 1.807) is 6.07 Å². The predicted molar refractivity (Wildman–Crippen MR) is 154 cm³/mol. The lowest BCUT2D eigenvalue weighted by Gasteiger charge is -2.30. The number of benzene rings is 2. The maximum Gasteiger partial charge on any atom is 0.167 e. The van der Waals surface area contributed by atoms with E-state index < -0.39 is 0 Å². The Morgan fingerprint density at radius 1 is 0.838 bits per heavy atom. The van der Waals surface area contributed by atoms with Crippen molar-refractivity contribution in [3.63, 3.8) is 0 Å². The van der Waals surface area contributed by atoms with Crippen molar-refractivity contribution in [2.24, 2.45) is 11.8 Å². The Balaban J connectivity index is 1.39. The van der Waals surface area contributed by atoms with Gasteiger partial charge >= 0.3 is 0 Å². The van der Waals surface area contributed by atoms with Crippen LogP contribution in [0.2, 0.25) is 0 Å². The van der Waals surface area contributed by atoms with Gasteiger partial charge in [0.05, 0.1) is 0 Å². The number of carbonyl (C=O) groups is 1. The molecule has 0 amide bonds. The highest BCUT2D eigenvalue weighted by Gasteiger charge is 2.25. The standard InChI is InChI=1S/C35H49FO/c1-3-5-6-7-12-27-15-10-16-31(22-27)32-19-17-29(24-34(32)36)25-35(37)33-20-18-28(23-30(33)11-4-2)21-26-13-8-9-14-26/h17-20,23-24,26-27,31H,3-16,21-22,25H2,1-2H3/t27-,31?/m1/s1. The average molecular weight is 505 g/mol. The van der Waals surface area contributed by atoms with Gasteiger partial charge in [-0.05, 0) is 71.8 Å². The molecule has 2 aliphatic carbocycles. The van der Waals surface area contributed by atoms with Crippen molar-refractivity contribution in [2.75, 3.05) is 0 Å². The van der Waals surface area contributed by atoms with E-state index in [9.17, 15) is 4.79 Å². The maximum atomic E-state index is 15.3. The normalized spacial score (nSPS) is 20.4. The fourth-order valence-electron chi connectivity index (χ4n) is 7.06. The van der Waals surface area contributed by atoms with Crippen molar-refractivity contribution in [2.45, 2.75) is 129 Å². The number of hydrogen-bond acceptors (Lipinski definition) is 1. The molecule has 0 aromatic heterocycles. The molecule has 202 valence electrons. The van der Waals surface area contributed by atoms with Gasteiger partial charge < -0.3 is 0 Å². The highest BCUT2D eigenvalue weighted by molar-refractivity contribution is 5.99. The zero-order chi connectivity index (χ0) is 26.0. The zero-order valence-electron chi connectivity index (χ0n) is 23.5. The molecule has 2 heteroatoms. The van der Waals surface area contributed by atoms with Crippen LogP contribution in [0.3, 0.4) is 0 Å². The minimum absolute atomic E-state index is 0.109. The van der Waals surface area contributed by atoms with Gasteiger partial charge in [0, 0.05) is 12.0 Å². The summed E-state index contributed by atoms with van der Waals surface area (Å²) in [6.07, 6.45) is 20.0. The molecule has 0 radical (unpaired) electrons. The number of carbonyl (C=O) groups excluding carboxylic acids is 1. The van der Waals surface area contributed by atoms with Crippen LogP contribution in [0.4, 0.5) is 4.39 Å². The first-order valence-electron chi connectivity index (χ1n) is 15.5. The minimum atomic E-state index is -0.109. The molecule has 2 saturated carbocycles. The molecule has 1 nitrogen and oxygen atoms in total. The summed E-state index contributed by atoms with van der Waals surface area (Å²) in [4.78, 5) is 13.3. The summed E-state index contributed by atoms with van der Waals surface area (Å²) in [5, 5.41) is 0. The minimum Gasteiger partial charge on any atom is -0.294 e. The van der Waals surface area contributed by atoms with E-state index in [1.807, 2.05) is 18.2 Å². The fourth-order valence-corrected chi connectivity index (χ4v) is 7.06. The summed E-state index contributed by atoms with van der Waals surface area (Å²) in [7, 11) is 0. The molecule has 4 rings (SSSR count). The van der Waals surface area contributed by atoms with Gasteiger partial charge in [0.25, 0.3) is 0 Å². The molecule has 0 spiro atoms. The van der Waals surface area contributed by atoms with Crippen LogP contribution in [-0.2, 0) is 19.3 Å². The van der Waals surface area contributed by atoms with Crippen molar-refractivity contribution in [1.82, 2.24) is 0 Å². The van der Waals surface area contributed by atoms with Crippen molar-refractivity contribution >= 4 is 5.78 Å². The van der Waals surface area contributed by atoms with Gasteiger partial charge in [-0.25, -0.2) is 4.39 Å². The molecule has 1 unspecified atom stereocenters. The van der Waals surface area contributed by atoms with Crippen LogP contribution in [0.1, 0.15) is 142 Å². The average Bonchev–Trinajstić information content (AvgIpc) is 3.40. The number of aryl methyl sites for hydroxylation is 1. The summed E-state index contributed by atoms with van der Waals surface area (Å²) < 4.78 is 15.3. The monoisotopic (exact) mass is 504 g/mol. The van der Waals surface area contributed by atoms with E-state index in [4.69, 9.17) is 0 Å². The van der Waals surface area contributed by atoms with Gasteiger partial charge in [0.1, 0.15) is 5.82 Å². The topological polar surface area (TPSA) is 17.1 Å². The summed E-state index contributed by atoms with van der Waals surface area (Å²) in [5.41, 5.74) is 5.05. The number of Topliss-reactive ketones (excluding diaryl/α,β-unsaturated/α-hetero) is 1. The summed E-state index contributed by atoms with van der Waals surface area (Å²) >= 11 is 0. The number of hydrogen-bond donors (Lipinski definition) is 0. The van der Waals surface area contributed by atoms with E-state index in [1.165, 1.54) is 81.8 Å². The molecular formula is C35H49FO. The van der Waals surface area contributed by atoms with E-state index in [0.717, 1.165) is 60.6 Å². The Hall–Kier alpha value is -1.96. The third kappa shape index (κ3) is 8.01. The lowest BCUT2D eigenvalue weighted by molar-refractivity contribution is 0.0992. The predicted octanol–water partition coefficient (Wildman–Crippen LogP) is 10.2. The molecule has 2 atom stereocenters. The third-order valence-corrected chi connectivity index (χ3v) is 9.11. The van der Waals surface area contributed by atoms with Gasteiger partial charge in [-0.15, -0.1) is 0 Å². The molecule has 37 heavy (non-hydrogen) atoms. The Kier molecular flexibility index (Phi) is 10.8. The number of halogens is 1. The summed E-state index contributed by atoms with van der Waals surface area (Å²) in [6, 6.07) is 12.1. The van der Waals surface area contributed by atoms with E-state index in [0.29, 0.717) is 5.92 Å². The number of unbranched alkanes of at least 4 members (excludes halogenated alkanes) is 3. The number of rotatable bonds is 13. The molecule has 0 N–H and O–H groups in total. The molecular weight excluding hydrogens is 455 g/mol. The first-order chi connectivity index (χ1) is 18.1. The molecule has 2 fully saturated rings. The van der Waals surface area contributed by atoms with E-state index in [2.05, 4.69) is 26.0 Å². The summed E-state index contributed by atoms with van der Waals surface area (Å²) in [6.45, 7) is 4.43. The highest BCUT2D eigenvalue weighted by atomic mass is 19.1. The van der Waals surface area contributed by atoms with Crippen molar-refractivity contribution in [3.8, 4) is 0 Å². The van der Waals surface area contributed by atoms with Crippen LogP contribution in [0.25, 0.3) is 0 Å². The first kappa shape index (κ1) is 28.1. The summed E-state index contributed by atoms with van der Waals surface area (Å²) in [5.74, 6) is 1.89. The Morgan fingerprint density at radius 3 is 2.38 bits per heavy atom. The molecule has 0 bridgehead atoms.